The monoisotopic (exact) mass is 468 g/mol. The molecule has 4 nitrogen and oxygen atoms in total. The third kappa shape index (κ3) is 6.57. The fraction of sp³-hybridized carbons (Fsp3) is 0.333. The molecule has 4 rings (SSSR count). The van der Waals surface area contributed by atoms with E-state index < -0.39 is 11.5 Å². The molecule has 1 unspecified atom stereocenters. The number of H-pyrrole nitrogens is 1. The van der Waals surface area contributed by atoms with Crippen LogP contribution in [0.15, 0.2) is 65.9 Å². The zero-order valence-electron chi connectivity index (χ0n) is 20.0. The number of aromatic amines is 1. The van der Waals surface area contributed by atoms with Crippen LogP contribution in [0.1, 0.15) is 49.7 Å². The number of fused-ring (bicyclic) bond motifs is 1. The molecule has 0 aliphatic carbocycles. The van der Waals surface area contributed by atoms with E-state index in [-0.39, 0.29) is 5.83 Å². The average molecular weight is 469 g/mol. The Balaban J connectivity index is 0.000000489. The van der Waals surface area contributed by atoms with Gasteiger partial charge in [0.05, 0.1) is 10.9 Å². The molecule has 176 valence electrons. The highest BCUT2D eigenvalue weighted by atomic mass is 32.2. The van der Waals surface area contributed by atoms with Gasteiger partial charge < -0.3 is 10.1 Å². The molecular weight excluding hydrogens is 435 g/mol. The van der Waals surface area contributed by atoms with Gasteiger partial charge in [-0.25, -0.2) is 9.18 Å². The number of thioether (sulfide) groups is 1. The smallest absolute Gasteiger partial charge is 0.332 e. The summed E-state index contributed by atoms with van der Waals surface area (Å²) in [5.74, 6) is -0.669. The van der Waals surface area contributed by atoms with Crippen molar-refractivity contribution in [2.75, 3.05) is 5.75 Å². The van der Waals surface area contributed by atoms with Crippen LogP contribution in [-0.4, -0.2) is 32.4 Å². The Morgan fingerprint density at radius 3 is 2.36 bits per heavy atom. The van der Waals surface area contributed by atoms with Crippen molar-refractivity contribution < 1.29 is 14.3 Å². The maximum atomic E-state index is 12.1. The van der Waals surface area contributed by atoms with Crippen LogP contribution in [0.2, 0.25) is 0 Å². The summed E-state index contributed by atoms with van der Waals surface area (Å²) in [6, 6.07) is 16.3. The summed E-state index contributed by atoms with van der Waals surface area (Å²) in [6.07, 6.45) is 0.821. The Labute approximate surface area is 200 Å². The normalized spacial score (nSPS) is 16.8. The minimum Gasteiger partial charge on any atom is -0.479 e. The van der Waals surface area contributed by atoms with Gasteiger partial charge in [-0.3, -0.25) is 4.99 Å². The van der Waals surface area contributed by atoms with Crippen LogP contribution in [0.3, 0.4) is 0 Å². The summed E-state index contributed by atoms with van der Waals surface area (Å²) in [5, 5.41) is 13.0. The van der Waals surface area contributed by atoms with Crippen molar-refractivity contribution in [3.8, 4) is 0 Å². The molecule has 0 fully saturated rings. The molecule has 0 spiro atoms. The summed E-state index contributed by atoms with van der Waals surface area (Å²) in [5.41, 5.74) is 3.01. The number of rotatable bonds is 5. The number of aryl methyl sites for hydroxylation is 2. The Kier molecular flexibility index (Phi) is 9.47. The van der Waals surface area contributed by atoms with Crippen molar-refractivity contribution in [2.45, 2.75) is 53.0 Å². The van der Waals surface area contributed by atoms with E-state index in [9.17, 15) is 14.3 Å². The summed E-state index contributed by atoms with van der Waals surface area (Å²) in [6.45, 7) is 12.8. The number of carboxylic acids is 1. The van der Waals surface area contributed by atoms with Gasteiger partial charge in [-0.1, -0.05) is 63.7 Å². The second-order valence-corrected chi connectivity index (χ2v) is 8.72. The molecule has 33 heavy (non-hydrogen) atoms. The lowest BCUT2D eigenvalue weighted by Gasteiger charge is -2.19. The number of benzene rings is 2. The molecule has 2 N–H and O–H groups in total. The van der Waals surface area contributed by atoms with Gasteiger partial charge in [0, 0.05) is 29.1 Å². The van der Waals surface area contributed by atoms with Crippen LogP contribution >= 0.6 is 11.8 Å². The van der Waals surface area contributed by atoms with Crippen LogP contribution in [0.4, 0.5) is 4.39 Å². The van der Waals surface area contributed by atoms with Gasteiger partial charge in [0.2, 0.25) is 0 Å². The van der Waals surface area contributed by atoms with Crippen LogP contribution < -0.4 is 0 Å². The molecule has 1 aliphatic heterocycles. The van der Waals surface area contributed by atoms with Gasteiger partial charge in [0.1, 0.15) is 0 Å². The molecule has 0 amide bonds. The third-order valence-electron chi connectivity index (χ3n) is 5.35. The van der Waals surface area contributed by atoms with E-state index in [1.807, 2.05) is 52.0 Å². The number of aliphatic carboxylic acids is 1. The number of carboxylic acid groups (broad SMARTS) is 1. The number of aromatic nitrogens is 1. The van der Waals surface area contributed by atoms with Gasteiger partial charge in [-0.05, 0) is 48.7 Å². The second-order valence-electron chi connectivity index (χ2n) is 7.75. The number of allylic oxidation sites excluding steroid dienone is 1. The van der Waals surface area contributed by atoms with Crippen molar-refractivity contribution >= 4 is 33.5 Å². The van der Waals surface area contributed by atoms with Crippen molar-refractivity contribution in [1.29, 1.82) is 0 Å². The minimum absolute atomic E-state index is 0.245. The highest BCUT2D eigenvalue weighted by Gasteiger charge is 2.43. The molecule has 1 atom stereocenters. The number of nitrogens with one attached hydrogen (secondary N) is 1. The molecule has 0 saturated heterocycles. The lowest BCUT2D eigenvalue weighted by molar-refractivity contribution is -0.142. The molecule has 0 bridgehead atoms. The quantitative estimate of drug-likeness (QED) is 0.414. The number of nitrogens with zero attached hydrogens (tertiary/aromatic N) is 1. The second kappa shape index (κ2) is 11.8. The molecule has 0 saturated carbocycles. The van der Waals surface area contributed by atoms with Crippen LogP contribution in [0.5, 0.6) is 0 Å². The molecule has 1 aliphatic rings. The Morgan fingerprint density at radius 2 is 1.82 bits per heavy atom. The predicted octanol–water partition coefficient (Wildman–Crippen LogP) is 7.25. The lowest BCUT2D eigenvalue weighted by atomic mass is 9.96. The number of aliphatic imine (C=N–C) groups is 1. The van der Waals surface area contributed by atoms with Gasteiger partial charge >= 0.3 is 5.97 Å². The summed E-state index contributed by atoms with van der Waals surface area (Å²) < 4.78 is 11.2. The zero-order chi connectivity index (χ0) is 24.6. The molecule has 0 radical (unpaired) electrons. The van der Waals surface area contributed by atoms with Gasteiger partial charge in [-0.15, -0.1) is 11.8 Å². The number of hydrogen-bond acceptors (Lipinski definition) is 3. The topological polar surface area (TPSA) is 65.4 Å². The first kappa shape index (κ1) is 26.4. The fourth-order valence-corrected chi connectivity index (χ4v) is 4.55. The van der Waals surface area contributed by atoms with E-state index in [0.29, 0.717) is 18.6 Å². The first-order chi connectivity index (χ1) is 15.7. The van der Waals surface area contributed by atoms with E-state index in [1.54, 1.807) is 6.92 Å². The number of halogens is 1. The summed E-state index contributed by atoms with van der Waals surface area (Å²) >= 11 is 1.52. The van der Waals surface area contributed by atoms with Crippen molar-refractivity contribution in [1.82, 2.24) is 4.98 Å². The lowest BCUT2D eigenvalue weighted by Crippen LogP contribution is -2.39. The number of hydrogen-bond donors (Lipinski definition) is 2. The first-order valence-corrected chi connectivity index (χ1v) is 12.2. The van der Waals surface area contributed by atoms with Crippen molar-refractivity contribution in [2.24, 2.45) is 4.99 Å². The minimum atomic E-state index is -1.12. The first-order valence-electron chi connectivity index (χ1n) is 11.2. The molecule has 6 heteroatoms. The van der Waals surface area contributed by atoms with Crippen LogP contribution in [0, 0.1) is 13.8 Å². The van der Waals surface area contributed by atoms with Crippen LogP contribution in [0.25, 0.3) is 10.8 Å². The Bertz CT molecular complexity index is 1130. The van der Waals surface area contributed by atoms with Gasteiger partial charge in [-0.2, -0.15) is 0 Å². The van der Waals surface area contributed by atoms with Crippen molar-refractivity contribution in [3.63, 3.8) is 0 Å². The summed E-state index contributed by atoms with van der Waals surface area (Å²) in [7, 11) is 0. The molecule has 2 aromatic carbocycles. The average Bonchev–Trinajstić information content (AvgIpc) is 3.39. The molecule has 1 aromatic heterocycles. The standard InChI is InChI=1S/C21H20N2O2S.C4H7F.C2H6/c1-13-9-18(22-14(13)2)11-21(20(24)25)12-26-19(23-21)17-8-7-15-5-3-4-6-16(15)10-17;1-3-4(2)5;1-2/h3-10,22H,11-12H2,1-2H3,(H,24,25);2-3H2,1H3;1-2H3. The Hall–Kier alpha value is -2.86. The third-order valence-corrected chi connectivity index (χ3v) is 6.58. The predicted molar refractivity (Wildman–Crippen MR) is 139 cm³/mol. The largest absolute Gasteiger partial charge is 0.479 e. The molecular formula is C27H33FN2O2S. The van der Waals surface area contributed by atoms with E-state index >= 15 is 0 Å². The summed E-state index contributed by atoms with van der Waals surface area (Å²) in [4.78, 5) is 20.1. The van der Waals surface area contributed by atoms with Gasteiger partial charge in [0.15, 0.2) is 5.54 Å². The fourth-order valence-electron chi connectivity index (χ4n) is 3.35. The maximum absolute atomic E-state index is 12.1. The van der Waals surface area contributed by atoms with Gasteiger partial charge in [0.25, 0.3) is 0 Å². The zero-order valence-corrected chi connectivity index (χ0v) is 20.9. The van der Waals surface area contributed by atoms with Crippen molar-refractivity contribution in [3.05, 3.63) is 83.5 Å². The highest BCUT2D eigenvalue weighted by molar-refractivity contribution is 8.14. The molecule has 3 aromatic rings. The van der Waals surface area contributed by atoms with Crippen LogP contribution in [-0.2, 0) is 11.2 Å². The molecule has 2 heterocycles. The van der Waals surface area contributed by atoms with E-state index in [1.165, 1.54) is 17.1 Å². The van der Waals surface area contributed by atoms with E-state index in [2.05, 4.69) is 35.8 Å². The van der Waals surface area contributed by atoms with E-state index in [0.717, 1.165) is 32.9 Å². The maximum Gasteiger partial charge on any atom is 0.332 e. The SMILES string of the molecule is C=C(F)CC.CC.Cc1cc(CC2(C(=O)O)CSC(c3ccc4ccccc4c3)=N2)[nH]c1C. The highest BCUT2D eigenvalue weighted by Crippen LogP contribution is 2.35. The number of carbonyl (C=O) groups is 1. The Morgan fingerprint density at radius 1 is 1.18 bits per heavy atom. The van der Waals surface area contributed by atoms with E-state index in [4.69, 9.17) is 4.99 Å².